The Balaban J connectivity index is 1.97. The molecule has 0 amide bonds. The molecule has 0 aliphatic carbocycles. The second-order valence-electron chi connectivity index (χ2n) is 3.43. The first-order valence-electron chi connectivity index (χ1n) is 5.14. The molecule has 2 aromatic rings. The third-order valence-electron chi connectivity index (χ3n) is 2.25. The maximum atomic E-state index is 8.98. The van der Waals surface area contributed by atoms with Crippen LogP contribution < -0.4 is 4.74 Å². The van der Waals surface area contributed by atoms with Crippen LogP contribution in [-0.2, 0) is 6.42 Å². The van der Waals surface area contributed by atoms with Crippen molar-refractivity contribution in [1.29, 1.82) is 5.26 Å². The normalized spacial score (nSPS) is 9.88. The number of thiophene rings is 1. The van der Waals surface area contributed by atoms with Gasteiger partial charge >= 0.3 is 0 Å². The van der Waals surface area contributed by atoms with Crippen LogP contribution in [0.2, 0.25) is 0 Å². The Morgan fingerprint density at radius 3 is 2.94 bits per heavy atom. The third kappa shape index (κ3) is 3.32. The topological polar surface area (TPSA) is 33.0 Å². The van der Waals surface area contributed by atoms with Gasteiger partial charge in [-0.3, -0.25) is 0 Å². The number of nitrogens with zero attached hydrogens (tertiary/aromatic N) is 1. The van der Waals surface area contributed by atoms with Crippen molar-refractivity contribution in [2.45, 2.75) is 6.42 Å². The van der Waals surface area contributed by atoms with E-state index in [1.54, 1.807) is 17.4 Å². The first-order chi connectivity index (χ1) is 8.29. The van der Waals surface area contributed by atoms with Crippen LogP contribution in [0.1, 0.15) is 10.4 Å². The molecule has 0 aliphatic rings. The summed E-state index contributed by atoms with van der Waals surface area (Å²) in [6.07, 6.45) is 0.874. The van der Waals surface area contributed by atoms with Crippen LogP contribution in [0.5, 0.6) is 5.75 Å². The number of hydrogen-bond donors (Lipinski definition) is 0. The molecule has 4 heteroatoms. The Labute approximate surface area is 113 Å². The molecule has 2 rings (SSSR count). The van der Waals surface area contributed by atoms with E-state index < -0.39 is 0 Å². The largest absolute Gasteiger partial charge is 0.492 e. The molecule has 1 aromatic carbocycles. The second-order valence-corrected chi connectivity index (χ2v) is 5.38. The van der Waals surface area contributed by atoms with Crippen molar-refractivity contribution in [2.75, 3.05) is 6.61 Å². The van der Waals surface area contributed by atoms with Gasteiger partial charge in [0.25, 0.3) is 0 Å². The fraction of sp³-hybridized carbons (Fsp3) is 0.154. The van der Waals surface area contributed by atoms with Crippen LogP contribution in [0.15, 0.2) is 40.2 Å². The van der Waals surface area contributed by atoms with Gasteiger partial charge in [0.05, 0.1) is 12.2 Å². The number of halogens is 1. The van der Waals surface area contributed by atoms with Gasteiger partial charge in [-0.1, -0.05) is 22.0 Å². The van der Waals surface area contributed by atoms with E-state index in [0.717, 1.165) is 10.9 Å². The van der Waals surface area contributed by atoms with Gasteiger partial charge in [0.2, 0.25) is 0 Å². The molecular weight excluding hydrogens is 298 g/mol. The van der Waals surface area contributed by atoms with E-state index in [1.165, 1.54) is 4.88 Å². The number of ether oxygens (including phenoxy) is 1. The summed E-state index contributed by atoms with van der Waals surface area (Å²) in [6.45, 7) is 0.594. The molecular formula is C13H10BrNOS. The third-order valence-corrected chi connectivity index (χ3v) is 3.68. The maximum absolute atomic E-state index is 8.98. The van der Waals surface area contributed by atoms with Crippen LogP contribution in [0.3, 0.4) is 0 Å². The van der Waals surface area contributed by atoms with Gasteiger partial charge in [-0.05, 0) is 29.6 Å². The minimum atomic E-state index is 0.561. The Morgan fingerprint density at radius 1 is 1.35 bits per heavy atom. The Kier molecular flexibility index (Phi) is 4.18. The monoisotopic (exact) mass is 307 g/mol. The molecule has 0 saturated heterocycles. The molecule has 0 atom stereocenters. The summed E-state index contributed by atoms with van der Waals surface area (Å²) in [4.78, 5) is 1.29. The van der Waals surface area contributed by atoms with Crippen molar-refractivity contribution >= 4 is 27.3 Å². The number of nitriles is 1. The van der Waals surface area contributed by atoms with Crippen molar-refractivity contribution in [3.8, 4) is 11.8 Å². The molecule has 2 nitrogen and oxygen atoms in total. The second kappa shape index (κ2) is 5.85. The van der Waals surface area contributed by atoms with Gasteiger partial charge in [-0.25, -0.2) is 0 Å². The first-order valence-corrected chi connectivity index (χ1v) is 6.81. The lowest BCUT2D eigenvalue weighted by molar-refractivity contribution is 0.322. The van der Waals surface area contributed by atoms with Crippen LogP contribution >= 0.6 is 27.3 Å². The minimum Gasteiger partial charge on any atom is -0.492 e. The zero-order chi connectivity index (χ0) is 12.1. The molecule has 0 radical (unpaired) electrons. The van der Waals surface area contributed by atoms with Crippen LogP contribution in [0.4, 0.5) is 0 Å². The van der Waals surface area contributed by atoms with Gasteiger partial charge in [0, 0.05) is 15.8 Å². The van der Waals surface area contributed by atoms with Crippen molar-refractivity contribution in [1.82, 2.24) is 0 Å². The van der Waals surface area contributed by atoms with Crippen molar-refractivity contribution in [2.24, 2.45) is 0 Å². The highest BCUT2D eigenvalue weighted by atomic mass is 79.9. The fourth-order valence-corrected chi connectivity index (χ4v) is 2.48. The molecule has 0 unspecified atom stereocenters. The van der Waals surface area contributed by atoms with Crippen LogP contribution in [0, 0.1) is 11.3 Å². The molecule has 0 saturated carbocycles. The summed E-state index contributed by atoms with van der Waals surface area (Å²) in [5.74, 6) is 0.646. The molecule has 0 aliphatic heterocycles. The fourth-order valence-electron chi connectivity index (χ4n) is 1.43. The summed E-state index contributed by atoms with van der Waals surface area (Å²) in [6, 6.07) is 11.7. The van der Waals surface area contributed by atoms with Crippen molar-refractivity contribution in [3.63, 3.8) is 0 Å². The zero-order valence-corrected chi connectivity index (χ0v) is 11.4. The van der Waals surface area contributed by atoms with Gasteiger partial charge in [0.15, 0.2) is 0 Å². The zero-order valence-electron chi connectivity index (χ0n) is 9.02. The number of rotatable bonds is 4. The molecule has 86 valence electrons. The van der Waals surface area contributed by atoms with Crippen molar-refractivity contribution < 1.29 is 4.74 Å². The lowest BCUT2D eigenvalue weighted by atomic mass is 10.2. The predicted molar refractivity (Wildman–Crippen MR) is 72.4 cm³/mol. The number of hydrogen-bond acceptors (Lipinski definition) is 3. The van der Waals surface area contributed by atoms with Gasteiger partial charge < -0.3 is 4.74 Å². The molecule has 1 heterocycles. The quantitative estimate of drug-likeness (QED) is 0.855. The molecule has 17 heavy (non-hydrogen) atoms. The van der Waals surface area contributed by atoms with E-state index in [4.69, 9.17) is 10.00 Å². The summed E-state index contributed by atoms with van der Waals surface area (Å²) < 4.78 is 6.51. The minimum absolute atomic E-state index is 0.561. The molecule has 0 N–H and O–H groups in total. The molecule has 0 bridgehead atoms. The maximum Gasteiger partial charge on any atom is 0.137 e. The SMILES string of the molecule is N#Cc1cc(Br)ccc1OCCc1cccs1. The average Bonchev–Trinajstić information content (AvgIpc) is 2.84. The van der Waals surface area contributed by atoms with E-state index in [1.807, 2.05) is 18.2 Å². The van der Waals surface area contributed by atoms with E-state index >= 15 is 0 Å². The highest BCUT2D eigenvalue weighted by Crippen LogP contribution is 2.22. The van der Waals surface area contributed by atoms with E-state index in [-0.39, 0.29) is 0 Å². The van der Waals surface area contributed by atoms with E-state index in [9.17, 15) is 0 Å². The highest BCUT2D eigenvalue weighted by molar-refractivity contribution is 9.10. The lowest BCUT2D eigenvalue weighted by Gasteiger charge is -2.07. The summed E-state index contributed by atoms with van der Waals surface area (Å²) >= 11 is 5.05. The van der Waals surface area contributed by atoms with E-state index in [0.29, 0.717) is 17.9 Å². The molecule has 1 aromatic heterocycles. The van der Waals surface area contributed by atoms with Crippen molar-refractivity contribution in [3.05, 3.63) is 50.6 Å². The van der Waals surface area contributed by atoms with Gasteiger partial charge in [-0.2, -0.15) is 5.26 Å². The first kappa shape index (κ1) is 12.2. The Hall–Kier alpha value is -1.31. The Morgan fingerprint density at radius 2 is 2.24 bits per heavy atom. The highest BCUT2D eigenvalue weighted by Gasteiger charge is 2.04. The average molecular weight is 308 g/mol. The van der Waals surface area contributed by atoms with Gasteiger partial charge in [0.1, 0.15) is 11.8 Å². The standard InChI is InChI=1S/C13H10BrNOS/c14-11-3-4-13(10(8-11)9-15)16-6-5-12-2-1-7-17-12/h1-4,7-8H,5-6H2. The molecule has 0 fully saturated rings. The number of benzene rings is 1. The Bertz CT molecular complexity index is 531. The van der Waals surface area contributed by atoms with Crippen LogP contribution in [-0.4, -0.2) is 6.61 Å². The summed E-state index contributed by atoms with van der Waals surface area (Å²) in [5.41, 5.74) is 0.561. The van der Waals surface area contributed by atoms with E-state index in [2.05, 4.69) is 33.4 Å². The summed E-state index contributed by atoms with van der Waals surface area (Å²) in [7, 11) is 0. The summed E-state index contributed by atoms with van der Waals surface area (Å²) in [5, 5.41) is 11.0. The van der Waals surface area contributed by atoms with Gasteiger partial charge in [-0.15, -0.1) is 11.3 Å². The van der Waals surface area contributed by atoms with Crippen LogP contribution in [0.25, 0.3) is 0 Å². The smallest absolute Gasteiger partial charge is 0.137 e. The lowest BCUT2D eigenvalue weighted by Crippen LogP contribution is -2.01. The predicted octanol–water partition coefficient (Wildman–Crippen LogP) is 4.00. The molecule has 0 spiro atoms.